The zero-order valence-corrected chi connectivity index (χ0v) is 14.1. The molecule has 0 bridgehead atoms. The highest BCUT2D eigenvalue weighted by atomic mass is 32.2. The van der Waals surface area contributed by atoms with E-state index in [0.29, 0.717) is 11.3 Å². The molecule has 0 spiro atoms. The van der Waals surface area contributed by atoms with Gasteiger partial charge in [-0.3, -0.25) is 14.1 Å². The lowest BCUT2D eigenvalue weighted by molar-refractivity contribution is -0.121. The Balaban J connectivity index is 2.13. The largest absolute Gasteiger partial charge is 0.271 e. The molecular formula is C16H18N4O3S. The van der Waals surface area contributed by atoms with Gasteiger partial charge in [-0.05, 0) is 25.1 Å². The first-order valence-electron chi connectivity index (χ1n) is 7.17. The quantitative estimate of drug-likeness (QED) is 0.632. The maximum atomic E-state index is 12.2. The Kier molecular flexibility index (Phi) is 5.64. The van der Waals surface area contributed by atoms with Crippen molar-refractivity contribution in [2.45, 2.75) is 13.0 Å². The van der Waals surface area contributed by atoms with Crippen molar-refractivity contribution in [3.8, 4) is 0 Å². The highest BCUT2D eigenvalue weighted by molar-refractivity contribution is 7.92. The minimum absolute atomic E-state index is 0.416. The number of aromatic nitrogens is 1. The summed E-state index contributed by atoms with van der Waals surface area (Å²) in [6.07, 6.45) is 5.71. The SMILES string of the molecule is C[C@@H](C(=O)N/N=C\c1cccnc1)N(c1ccccc1)S(C)(=O)=O. The fourth-order valence-corrected chi connectivity index (χ4v) is 3.27. The van der Waals surface area contributed by atoms with Crippen LogP contribution in [0, 0.1) is 0 Å². The normalized spacial score (nSPS) is 12.8. The number of amides is 1. The first kappa shape index (κ1) is 17.6. The summed E-state index contributed by atoms with van der Waals surface area (Å²) in [5, 5.41) is 3.83. The highest BCUT2D eigenvalue weighted by Crippen LogP contribution is 2.20. The number of carbonyl (C=O) groups excluding carboxylic acids is 1. The summed E-state index contributed by atoms with van der Waals surface area (Å²) in [6, 6.07) is 11.0. The van der Waals surface area contributed by atoms with E-state index in [9.17, 15) is 13.2 Å². The van der Waals surface area contributed by atoms with Crippen LogP contribution in [0.1, 0.15) is 12.5 Å². The third-order valence-corrected chi connectivity index (χ3v) is 4.41. The van der Waals surface area contributed by atoms with E-state index in [0.717, 1.165) is 10.6 Å². The molecule has 0 aliphatic rings. The van der Waals surface area contributed by atoms with Crippen LogP contribution in [0.25, 0.3) is 0 Å². The number of carbonyl (C=O) groups is 1. The van der Waals surface area contributed by atoms with Crippen molar-refractivity contribution >= 4 is 27.8 Å². The number of hydrogen-bond donors (Lipinski definition) is 1. The molecular weight excluding hydrogens is 328 g/mol. The van der Waals surface area contributed by atoms with Gasteiger partial charge in [-0.15, -0.1) is 0 Å². The number of benzene rings is 1. The van der Waals surface area contributed by atoms with Crippen molar-refractivity contribution in [1.82, 2.24) is 10.4 Å². The third kappa shape index (κ3) is 4.63. The van der Waals surface area contributed by atoms with E-state index in [1.54, 1.807) is 54.9 Å². The Morgan fingerprint density at radius 2 is 1.96 bits per heavy atom. The summed E-state index contributed by atoms with van der Waals surface area (Å²) < 4.78 is 25.2. The second kappa shape index (κ2) is 7.69. The van der Waals surface area contributed by atoms with Gasteiger partial charge in [0.25, 0.3) is 5.91 Å². The van der Waals surface area contributed by atoms with Crippen LogP contribution in [-0.4, -0.2) is 37.8 Å². The van der Waals surface area contributed by atoms with Gasteiger partial charge in [0.2, 0.25) is 10.0 Å². The molecule has 0 aliphatic heterocycles. The predicted molar refractivity (Wildman–Crippen MR) is 93.2 cm³/mol. The standard InChI is InChI=1S/C16H18N4O3S/c1-13(16(21)19-18-12-14-7-6-10-17-11-14)20(24(2,22)23)15-8-4-3-5-9-15/h3-13H,1-2H3,(H,19,21)/b18-12-/t13-/m0/s1. The lowest BCUT2D eigenvalue weighted by Gasteiger charge is -2.27. The zero-order valence-electron chi connectivity index (χ0n) is 13.3. The van der Waals surface area contributed by atoms with E-state index in [-0.39, 0.29) is 0 Å². The van der Waals surface area contributed by atoms with Crippen LogP contribution in [0.15, 0.2) is 60.0 Å². The minimum Gasteiger partial charge on any atom is -0.271 e. The average molecular weight is 346 g/mol. The van der Waals surface area contributed by atoms with Crippen molar-refractivity contribution in [1.29, 1.82) is 0 Å². The number of nitrogens with zero attached hydrogens (tertiary/aromatic N) is 3. The maximum absolute atomic E-state index is 12.2. The van der Waals surface area contributed by atoms with Crippen LogP contribution in [0.2, 0.25) is 0 Å². The molecule has 0 fully saturated rings. The Hall–Kier alpha value is -2.74. The number of nitrogens with one attached hydrogen (secondary N) is 1. The summed E-state index contributed by atoms with van der Waals surface area (Å²) in [7, 11) is -3.63. The fourth-order valence-electron chi connectivity index (χ4n) is 2.10. The summed E-state index contributed by atoms with van der Waals surface area (Å²) in [5.74, 6) is -0.538. The van der Waals surface area contributed by atoms with Crippen molar-refractivity contribution in [2.24, 2.45) is 5.10 Å². The Morgan fingerprint density at radius 3 is 2.54 bits per heavy atom. The maximum Gasteiger partial charge on any atom is 0.263 e. The van der Waals surface area contributed by atoms with E-state index in [1.165, 1.54) is 13.1 Å². The van der Waals surface area contributed by atoms with Crippen LogP contribution < -0.4 is 9.73 Å². The topological polar surface area (TPSA) is 91.7 Å². The van der Waals surface area contributed by atoms with Gasteiger partial charge in [0.05, 0.1) is 18.2 Å². The Labute approximate surface area is 141 Å². The summed E-state index contributed by atoms with van der Waals surface area (Å²) in [4.78, 5) is 16.2. The first-order valence-corrected chi connectivity index (χ1v) is 9.02. The lowest BCUT2D eigenvalue weighted by Crippen LogP contribution is -2.46. The molecule has 0 unspecified atom stereocenters. The summed E-state index contributed by atoms with van der Waals surface area (Å²) in [6.45, 7) is 1.50. The second-order valence-electron chi connectivity index (χ2n) is 5.09. The third-order valence-electron chi connectivity index (χ3n) is 3.17. The van der Waals surface area contributed by atoms with Crippen LogP contribution in [0.3, 0.4) is 0 Å². The molecule has 7 nitrogen and oxygen atoms in total. The average Bonchev–Trinajstić information content (AvgIpc) is 2.55. The molecule has 8 heteroatoms. The van der Waals surface area contributed by atoms with Gasteiger partial charge in [0.15, 0.2) is 0 Å². The number of sulfonamides is 1. The van der Waals surface area contributed by atoms with Crippen molar-refractivity contribution < 1.29 is 13.2 Å². The van der Waals surface area contributed by atoms with Gasteiger partial charge in [-0.25, -0.2) is 13.8 Å². The Bertz CT molecular complexity index is 808. The summed E-state index contributed by atoms with van der Waals surface area (Å²) in [5.41, 5.74) is 3.48. The smallest absolute Gasteiger partial charge is 0.263 e. The van der Waals surface area contributed by atoms with Gasteiger partial charge in [-0.2, -0.15) is 5.10 Å². The predicted octanol–water partition coefficient (Wildman–Crippen LogP) is 1.39. The molecule has 1 amide bonds. The lowest BCUT2D eigenvalue weighted by atomic mass is 10.2. The molecule has 24 heavy (non-hydrogen) atoms. The Morgan fingerprint density at radius 1 is 1.25 bits per heavy atom. The molecule has 1 aromatic carbocycles. The molecule has 1 atom stereocenters. The minimum atomic E-state index is -3.63. The van der Waals surface area contributed by atoms with Gasteiger partial charge < -0.3 is 0 Å². The number of para-hydroxylation sites is 1. The van der Waals surface area contributed by atoms with Crippen LogP contribution in [0.5, 0.6) is 0 Å². The summed E-state index contributed by atoms with van der Waals surface area (Å²) >= 11 is 0. The first-order chi connectivity index (χ1) is 11.4. The molecule has 2 aromatic rings. The van der Waals surface area contributed by atoms with Crippen molar-refractivity contribution in [2.75, 3.05) is 10.6 Å². The highest BCUT2D eigenvalue weighted by Gasteiger charge is 2.28. The molecule has 0 saturated carbocycles. The molecule has 2 rings (SSSR count). The number of anilines is 1. The molecule has 1 N–H and O–H groups in total. The van der Waals surface area contributed by atoms with E-state index >= 15 is 0 Å². The number of pyridine rings is 1. The monoisotopic (exact) mass is 346 g/mol. The molecule has 0 saturated heterocycles. The van der Waals surface area contributed by atoms with E-state index in [1.807, 2.05) is 0 Å². The van der Waals surface area contributed by atoms with Crippen molar-refractivity contribution in [3.05, 3.63) is 60.4 Å². The second-order valence-corrected chi connectivity index (χ2v) is 6.95. The molecule has 1 aromatic heterocycles. The number of rotatable bonds is 6. The van der Waals surface area contributed by atoms with Gasteiger partial charge in [0.1, 0.15) is 6.04 Å². The number of hydrazone groups is 1. The van der Waals surface area contributed by atoms with Crippen molar-refractivity contribution in [3.63, 3.8) is 0 Å². The molecule has 0 radical (unpaired) electrons. The van der Waals surface area contributed by atoms with Crippen LogP contribution >= 0.6 is 0 Å². The van der Waals surface area contributed by atoms with Gasteiger partial charge in [0, 0.05) is 18.0 Å². The van der Waals surface area contributed by atoms with Gasteiger partial charge >= 0.3 is 0 Å². The molecule has 0 aliphatic carbocycles. The fraction of sp³-hybridized carbons (Fsp3) is 0.188. The van der Waals surface area contributed by atoms with Crippen LogP contribution in [-0.2, 0) is 14.8 Å². The zero-order chi connectivity index (χ0) is 17.6. The van der Waals surface area contributed by atoms with E-state index < -0.39 is 22.0 Å². The van der Waals surface area contributed by atoms with Gasteiger partial charge in [-0.1, -0.05) is 24.3 Å². The molecule has 126 valence electrons. The molecule has 1 heterocycles. The number of hydrogen-bond acceptors (Lipinski definition) is 5. The van der Waals surface area contributed by atoms with Crippen LogP contribution in [0.4, 0.5) is 5.69 Å². The van der Waals surface area contributed by atoms with E-state index in [4.69, 9.17) is 0 Å². The van der Waals surface area contributed by atoms with E-state index in [2.05, 4.69) is 15.5 Å².